The fourth-order valence-electron chi connectivity index (χ4n) is 3.00. The van der Waals surface area contributed by atoms with Gasteiger partial charge in [0, 0.05) is 24.5 Å². The Morgan fingerprint density at radius 1 is 1.15 bits per heavy atom. The topological polar surface area (TPSA) is 70.7 Å². The molecule has 26 heavy (non-hydrogen) atoms. The summed E-state index contributed by atoms with van der Waals surface area (Å²) < 4.78 is 5.75. The van der Waals surface area contributed by atoms with Gasteiger partial charge in [0.1, 0.15) is 0 Å². The zero-order valence-electron chi connectivity index (χ0n) is 14.9. The van der Waals surface area contributed by atoms with Gasteiger partial charge in [-0.2, -0.15) is 0 Å². The van der Waals surface area contributed by atoms with Gasteiger partial charge in [0.15, 0.2) is 0 Å². The van der Waals surface area contributed by atoms with Crippen molar-refractivity contribution >= 4 is 34.5 Å². The molecule has 0 radical (unpaired) electrons. The van der Waals surface area contributed by atoms with Gasteiger partial charge in [-0.3, -0.25) is 9.59 Å². The van der Waals surface area contributed by atoms with Crippen LogP contribution < -0.4 is 15.5 Å². The quantitative estimate of drug-likeness (QED) is 0.845. The molecule has 1 fully saturated rings. The van der Waals surface area contributed by atoms with Crippen molar-refractivity contribution in [1.82, 2.24) is 5.32 Å². The molecule has 2 atom stereocenters. The normalized spacial score (nSPS) is 19.8. The highest BCUT2D eigenvalue weighted by atomic mass is 32.1. The monoisotopic (exact) mass is 373 g/mol. The summed E-state index contributed by atoms with van der Waals surface area (Å²) in [5.41, 5.74) is 1.81. The largest absolute Gasteiger partial charge is 0.372 e. The molecule has 138 valence electrons. The smallest absolute Gasteiger partial charge is 0.261 e. The fourth-order valence-corrected chi connectivity index (χ4v) is 3.64. The summed E-state index contributed by atoms with van der Waals surface area (Å²) in [6.45, 7) is 5.79. The second-order valence-electron chi connectivity index (χ2n) is 6.42. The van der Waals surface area contributed by atoms with E-state index in [2.05, 4.69) is 29.4 Å². The minimum Gasteiger partial charge on any atom is -0.372 e. The minimum absolute atomic E-state index is 0.0586. The maximum atomic E-state index is 12.0. The van der Waals surface area contributed by atoms with Gasteiger partial charge in [-0.25, -0.2) is 0 Å². The molecule has 0 spiro atoms. The number of hydrogen-bond donors (Lipinski definition) is 2. The van der Waals surface area contributed by atoms with Crippen LogP contribution >= 0.6 is 11.3 Å². The molecule has 2 aromatic rings. The molecule has 0 aliphatic carbocycles. The number of morpholine rings is 1. The molecule has 1 aliphatic rings. The Bertz CT molecular complexity index is 736. The first-order chi connectivity index (χ1) is 12.5. The van der Waals surface area contributed by atoms with Crippen molar-refractivity contribution in [3.63, 3.8) is 0 Å². The van der Waals surface area contributed by atoms with Crippen LogP contribution in [0.5, 0.6) is 0 Å². The third kappa shape index (κ3) is 4.83. The van der Waals surface area contributed by atoms with Crippen molar-refractivity contribution in [2.45, 2.75) is 26.1 Å². The molecule has 1 aromatic carbocycles. The Morgan fingerprint density at radius 3 is 2.46 bits per heavy atom. The van der Waals surface area contributed by atoms with E-state index < -0.39 is 0 Å². The first-order valence-electron chi connectivity index (χ1n) is 8.63. The Kier molecular flexibility index (Phi) is 5.90. The molecule has 0 bridgehead atoms. The fraction of sp³-hybridized carbons (Fsp3) is 0.368. The number of nitrogens with one attached hydrogen (secondary N) is 2. The average Bonchev–Trinajstić information content (AvgIpc) is 3.14. The van der Waals surface area contributed by atoms with Crippen LogP contribution in [-0.2, 0) is 9.53 Å². The maximum Gasteiger partial charge on any atom is 0.261 e. The molecule has 1 saturated heterocycles. The molecule has 2 heterocycles. The van der Waals surface area contributed by atoms with Gasteiger partial charge in [0.2, 0.25) is 5.91 Å². The van der Waals surface area contributed by atoms with Crippen LogP contribution in [0.2, 0.25) is 0 Å². The molecule has 0 unspecified atom stereocenters. The summed E-state index contributed by atoms with van der Waals surface area (Å²) >= 11 is 1.34. The van der Waals surface area contributed by atoms with E-state index >= 15 is 0 Å². The number of amides is 2. The lowest BCUT2D eigenvalue weighted by molar-refractivity contribution is -0.115. The first kappa shape index (κ1) is 18.4. The van der Waals surface area contributed by atoms with Crippen LogP contribution in [-0.4, -0.2) is 43.7 Å². The standard InChI is InChI=1S/C19H23N3O3S/c1-13-11-22(12-14(2)25-13)16-7-5-15(6-8-16)21-18(23)10-20-19(24)17-4-3-9-26-17/h3-9,13-14H,10-12H2,1-2H3,(H,20,24)(H,21,23)/t13-,14+. The molecule has 1 aliphatic heterocycles. The van der Waals surface area contributed by atoms with E-state index in [1.54, 1.807) is 12.1 Å². The predicted octanol–water partition coefficient (Wildman–Crippen LogP) is 2.73. The molecular formula is C19H23N3O3S. The molecule has 0 saturated carbocycles. The number of rotatable bonds is 5. The van der Waals surface area contributed by atoms with Gasteiger partial charge in [-0.05, 0) is 49.6 Å². The van der Waals surface area contributed by atoms with E-state index in [1.165, 1.54) is 11.3 Å². The van der Waals surface area contributed by atoms with Gasteiger partial charge in [-0.15, -0.1) is 11.3 Å². The summed E-state index contributed by atoms with van der Waals surface area (Å²) in [5.74, 6) is -0.489. The number of ether oxygens (including phenoxy) is 1. The van der Waals surface area contributed by atoms with Crippen molar-refractivity contribution in [3.05, 3.63) is 46.7 Å². The second kappa shape index (κ2) is 8.33. The van der Waals surface area contributed by atoms with Crippen LogP contribution in [0.4, 0.5) is 11.4 Å². The van der Waals surface area contributed by atoms with Gasteiger partial charge >= 0.3 is 0 Å². The lowest BCUT2D eigenvalue weighted by atomic mass is 10.2. The summed E-state index contributed by atoms with van der Waals surface area (Å²) in [4.78, 5) is 26.7. The number of thiophene rings is 1. The van der Waals surface area contributed by atoms with Gasteiger partial charge < -0.3 is 20.3 Å². The van der Waals surface area contributed by atoms with E-state index in [4.69, 9.17) is 4.74 Å². The van der Waals surface area contributed by atoms with E-state index in [1.807, 2.05) is 29.6 Å². The summed E-state index contributed by atoms with van der Waals surface area (Å²) in [6.07, 6.45) is 0.398. The van der Waals surface area contributed by atoms with Gasteiger partial charge in [0.25, 0.3) is 5.91 Å². The van der Waals surface area contributed by atoms with Crippen LogP contribution in [0.3, 0.4) is 0 Å². The highest BCUT2D eigenvalue weighted by molar-refractivity contribution is 7.12. The Labute approximate surface area is 157 Å². The number of benzene rings is 1. The van der Waals surface area contributed by atoms with E-state index in [-0.39, 0.29) is 30.6 Å². The zero-order chi connectivity index (χ0) is 18.5. The lowest BCUT2D eigenvalue weighted by Gasteiger charge is -2.36. The van der Waals surface area contributed by atoms with Crippen molar-refractivity contribution in [2.75, 3.05) is 29.9 Å². The highest BCUT2D eigenvalue weighted by Gasteiger charge is 2.22. The molecule has 3 rings (SSSR count). The summed E-state index contributed by atoms with van der Waals surface area (Å²) in [5, 5.41) is 7.24. The van der Waals surface area contributed by atoms with Crippen LogP contribution in [0.1, 0.15) is 23.5 Å². The molecular weight excluding hydrogens is 350 g/mol. The van der Waals surface area contributed by atoms with E-state index in [0.29, 0.717) is 10.6 Å². The predicted molar refractivity (Wildman–Crippen MR) is 104 cm³/mol. The molecule has 2 amide bonds. The lowest BCUT2D eigenvalue weighted by Crippen LogP contribution is -2.45. The van der Waals surface area contributed by atoms with Crippen molar-refractivity contribution < 1.29 is 14.3 Å². The Hall–Kier alpha value is -2.38. The number of nitrogens with zero attached hydrogens (tertiary/aromatic N) is 1. The summed E-state index contributed by atoms with van der Waals surface area (Å²) in [7, 11) is 0. The second-order valence-corrected chi connectivity index (χ2v) is 7.37. The average molecular weight is 373 g/mol. The zero-order valence-corrected chi connectivity index (χ0v) is 15.7. The minimum atomic E-state index is -0.253. The van der Waals surface area contributed by atoms with Gasteiger partial charge in [-0.1, -0.05) is 6.07 Å². The van der Waals surface area contributed by atoms with Crippen LogP contribution in [0, 0.1) is 0 Å². The highest BCUT2D eigenvalue weighted by Crippen LogP contribution is 2.22. The first-order valence-corrected chi connectivity index (χ1v) is 9.51. The Morgan fingerprint density at radius 2 is 1.85 bits per heavy atom. The Balaban J connectivity index is 1.50. The number of anilines is 2. The number of carbonyl (C=O) groups excluding carboxylic acids is 2. The molecule has 2 N–H and O–H groups in total. The number of carbonyl (C=O) groups is 2. The van der Waals surface area contributed by atoms with Crippen molar-refractivity contribution in [2.24, 2.45) is 0 Å². The van der Waals surface area contributed by atoms with E-state index in [9.17, 15) is 9.59 Å². The maximum absolute atomic E-state index is 12.0. The SMILES string of the molecule is C[C@@H]1CN(c2ccc(NC(=O)CNC(=O)c3cccs3)cc2)C[C@H](C)O1. The van der Waals surface area contributed by atoms with Crippen molar-refractivity contribution in [3.8, 4) is 0 Å². The van der Waals surface area contributed by atoms with Crippen molar-refractivity contribution in [1.29, 1.82) is 0 Å². The van der Waals surface area contributed by atoms with Crippen LogP contribution in [0.15, 0.2) is 41.8 Å². The third-order valence-corrected chi connectivity index (χ3v) is 4.96. The molecule has 1 aromatic heterocycles. The molecule has 7 heteroatoms. The summed E-state index contributed by atoms with van der Waals surface area (Å²) in [6, 6.07) is 11.3. The van der Waals surface area contributed by atoms with E-state index in [0.717, 1.165) is 18.8 Å². The van der Waals surface area contributed by atoms with Gasteiger partial charge in [0.05, 0.1) is 23.6 Å². The van der Waals surface area contributed by atoms with Crippen LogP contribution in [0.25, 0.3) is 0 Å². The number of hydrogen-bond acceptors (Lipinski definition) is 5. The molecule has 6 nitrogen and oxygen atoms in total. The third-order valence-electron chi connectivity index (χ3n) is 4.09.